The lowest BCUT2D eigenvalue weighted by atomic mass is 9.94. The molecule has 1 atom stereocenters. The molecule has 1 aliphatic heterocycles. The van der Waals surface area contributed by atoms with Crippen LogP contribution in [0.1, 0.15) is 30.1 Å². The Hall–Kier alpha value is -2.73. The lowest BCUT2D eigenvalue weighted by Gasteiger charge is -2.32. The highest BCUT2D eigenvalue weighted by atomic mass is 16.5. The second-order valence-corrected chi connectivity index (χ2v) is 6.73. The Kier molecular flexibility index (Phi) is 4.93. The highest BCUT2D eigenvalue weighted by Gasteiger charge is 2.26. The van der Waals surface area contributed by atoms with Crippen LogP contribution in [0.25, 0.3) is 0 Å². The molecule has 0 spiro atoms. The quantitative estimate of drug-likeness (QED) is 0.707. The summed E-state index contributed by atoms with van der Waals surface area (Å²) in [6.45, 7) is 2.95. The molecule has 1 saturated heterocycles. The number of aryl methyl sites for hydroxylation is 1. The third kappa shape index (κ3) is 3.75. The van der Waals surface area contributed by atoms with E-state index in [0.29, 0.717) is 11.8 Å². The predicted octanol–water partition coefficient (Wildman–Crippen LogP) is 3.38. The molecule has 0 aliphatic carbocycles. The second-order valence-electron chi connectivity index (χ2n) is 6.73. The van der Waals surface area contributed by atoms with Crippen LogP contribution in [-0.2, 0) is 13.6 Å². The average Bonchev–Trinajstić information content (AvgIpc) is 3.08. The Morgan fingerprint density at radius 1 is 1.15 bits per heavy atom. The van der Waals surface area contributed by atoms with Gasteiger partial charge in [0.1, 0.15) is 11.4 Å². The zero-order valence-electron chi connectivity index (χ0n) is 15.0. The van der Waals surface area contributed by atoms with E-state index in [0.717, 1.165) is 43.9 Å². The van der Waals surface area contributed by atoms with Crippen LogP contribution in [0.4, 0.5) is 0 Å². The maximum absolute atomic E-state index is 6.02. The zero-order valence-corrected chi connectivity index (χ0v) is 15.0. The SMILES string of the molecule is Cn1cncc1CN1CCC[C@@H](c2nccnc2Oc2ccccc2)C1. The first-order valence-electron chi connectivity index (χ1n) is 9.01. The Labute approximate surface area is 153 Å². The molecular formula is C20H23N5O. The van der Waals surface area contributed by atoms with Gasteiger partial charge in [0, 0.05) is 44.6 Å². The summed E-state index contributed by atoms with van der Waals surface area (Å²) in [5, 5.41) is 0. The summed E-state index contributed by atoms with van der Waals surface area (Å²) >= 11 is 0. The molecular weight excluding hydrogens is 326 g/mol. The summed E-state index contributed by atoms with van der Waals surface area (Å²) in [4.78, 5) is 15.7. The molecule has 1 fully saturated rings. The van der Waals surface area contributed by atoms with Gasteiger partial charge in [0.05, 0.1) is 12.0 Å². The largest absolute Gasteiger partial charge is 0.437 e. The van der Waals surface area contributed by atoms with E-state index in [4.69, 9.17) is 4.74 Å². The molecule has 6 nitrogen and oxygen atoms in total. The van der Waals surface area contributed by atoms with Crippen LogP contribution >= 0.6 is 0 Å². The first kappa shape index (κ1) is 16.7. The van der Waals surface area contributed by atoms with Crippen LogP contribution < -0.4 is 4.74 Å². The summed E-state index contributed by atoms with van der Waals surface area (Å²) in [6, 6.07) is 9.77. The van der Waals surface area contributed by atoms with E-state index in [1.165, 1.54) is 5.69 Å². The molecule has 26 heavy (non-hydrogen) atoms. The van der Waals surface area contributed by atoms with Crippen molar-refractivity contribution in [3.8, 4) is 11.6 Å². The molecule has 3 aromatic rings. The summed E-state index contributed by atoms with van der Waals surface area (Å²) in [6.07, 6.45) is 9.49. The monoisotopic (exact) mass is 349 g/mol. The number of nitrogens with zero attached hydrogens (tertiary/aromatic N) is 5. The van der Waals surface area contributed by atoms with Crippen LogP contribution in [0, 0.1) is 0 Å². The summed E-state index contributed by atoms with van der Waals surface area (Å²) in [5.74, 6) is 1.73. The molecule has 4 rings (SSSR count). The number of imidazole rings is 1. The lowest BCUT2D eigenvalue weighted by molar-refractivity contribution is 0.193. The number of hydrogen-bond donors (Lipinski definition) is 0. The number of hydrogen-bond acceptors (Lipinski definition) is 5. The van der Waals surface area contributed by atoms with Crippen molar-refractivity contribution in [2.75, 3.05) is 13.1 Å². The van der Waals surface area contributed by atoms with Crippen molar-refractivity contribution in [2.24, 2.45) is 7.05 Å². The van der Waals surface area contributed by atoms with Gasteiger partial charge in [-0.15, -0.1) is 0 Å². The Morgan fingerprint density at radius 2 is 2.00 bits per heavy atom. The van der Waals surface area contributed by atoms with Crippen molar-refractivity contribution < 1.29 is 4.74 Å². The molecule has 0 amide bonds. The summed E-state index contributed by atoms with van der Waals surface area (Å²) in [5.41, 5.74) is 2.18. The Balaban J connectivity index is 1.51. The average molecular weight is 349 g/mol. The number of piperidine rings is 1. The number of aromatic nitrogens is 4. The number of likely N-dealkylation sites (tertiary alicyclic amines) is 1. The first-order valence-corrected chi connectivity index (χ1v) is 9.01. The van der Waals surface area contributed by atoms with Crippen LogP contribution in [-0.4, -0.2) is 37.5 Å². The maximum Gasteiger partial charge on any atom is 0.241 e. The second kappa shape index (κ2) is 7.66. The van der Waals surface area contributed by atoms with E-state index < -0.39 is 0 Å². The summed E-state index contributed by atoms with van der Waals surface area (Å²) < 4.78 is 8.10. The van der Waals surface area contributed by atoms with E-state index in [2.05, 4.69) is 24.4 Å². The van der Waals surface area contributed by atoms with E-state index in [9.17, 15) is 0 Å². The van der Waals surface area contributed by atoms with Crippen molar-refractivity contribution >= 4 is 0 Å². The van der Waals surface area contributed by atoms with Gasteiger partial charge < -0.3 is 9.30 Å². The highest BCUT2D eigenvalue weighted by Crippen LogP contribution is 2.32. The Bertz CT molecular complexity index is 848. The predicted molar refractivity (Wildman–Crippen MR) is 99.0 cm³/mol. The topological polar surface area (TPSA) is 56.1 Å². The Morgan fingerprint density at radius 3 is 2.81 bits per heavy atom. The van der Waals surface area contributed by atoms with E-state index in [1.54, 1.807) is 12.4 Å². The van der Waals surface area contributed by atoms with Crippen molar-refractivity contribution in [1.29, 1.82) is 0 Å². The minimum Gasteiger partial charge on any atom is -0.437 e. The lowest BCUT2D eigenvalue weighted by Crippen LogP contribution is -2.34. The van der Waals surface area contributed by atoms with Crippen molar-refractivity contribution in [1.82, 2.24) is 24.4 Å². The fourth-order valence-corrected chi connectivity index (χ4v) is 3.48. The fourth-order valence-electron chi connectivity index (χ4n) is 3.48. The van der Waals surface area contributed by atoms with Crippen molar-refractivity contribution in [2.45, 2.75) is 25.3 Å². The third-order valence-corrected chi connectivity index (χ3v) is 4.84. The van der Waals surface area contributed by atoms with Gasteiger partial charge in [0.25, 0.3) is 0 Å². The number of rotatable bonds is 5. The van der Waals surface area contributed by atoms with Crippen LogP contribution in [0.5, 0.6) is 11.6 Å². The van der Waals surface area contributed by atoms with Crippen molar-refractivity contribution in [3.63, 3.8) is 0 Å². The molecule has 134 valence electrons. The first-order chi connectivity index (χ1) is 12.8. The van der Waals surface area contributed by atoms with Gasteiger partial charge in [-0.2, -0.15) is 0 Å². The van der Waals surface area contributed by atoms with Crippen LogP contribution in [0.3, 0.4) is 0 Å². The maximum atomic E-state index is 6.02. The molecule has 6 heteroatoms. The van der Waals surface area contributed by atoms with Gasteiger partial charge in [0.15, 0.2) is 0 Å². The minimum atomic E-state index is 0.324. The molecule has 0 unspecified atom stereocenters. The van der Waals surface area contributed by atoms with E-state index >= 15 is 0 Å². The standard InChI is InChI=1S/C20H23N5O/c1-24-15-21-12-17(24)14-25-11-5-6-16(13-25)19-20(23-10-9-22-19)26-18-7-3-2-4-8-18/h2-4,7-10,12,15-16H,5-6,11,13-14H2,1H3/t16-/m1/s1. The molecule has 0 radical (unpaired) electrons. The van der Waals surface area contributed by atoms with Gasteiger partial charge in [0.2, 0.25) is 5.88 Å². The third-order valence-electron chi connectivity index (χ3n) is 4.84. The van der Waals surface area contributed by atoms with Gasteiger partial charge in [-0.25, -0.2) is 9.97 Å². The van der Waals surface area contributed by atoms with Gasteiger partial charge in [-0.3, -0.25) is 9.88 Å². The number of para-hydroxylation sites is 1. The molecule has 0 N–H and O–H groups in total. The molecule has 1 aromatic carbocycles. The van der Waals surface area contributed by atoms with Crippen molar-refractivity contribution in [3.05, 3.63) is 66.6 Å². The normalized spacial score (nSPS) is 18.0. The highest BCUT2D eigenvalue weighted by molar-refractivity contribution is 5.30. The summed E-state index contributed by atoms with van der Waals surface area (Å²) in [7, 11) is 2.04. The van der Waals surface area contributed by atoms with Crippen LogP contribution in [0.15, 0.2) is 55.2 Å². The molecule has 3 heterocycles. The number of ether oxygens (including phenoxy) is 1. The molecule has 0 bridgehead atoms. The smallest absolute Gasteiger partial charge is 0.241 e. The zero-order chi connectivity index (χ0) is 17.8. The van der Waals surface area contributed by atoms with Gasteiger partial charge in [-0.1, -0.05) is 18.2 Å². The minimum absolute atomic E-state index is 0.324. The molecule has 0 saturated carbocycles. The van der Waals surface area contributed by atoms with Gasteiger partial charge in [-0.05, 0) is 31.5 Å². The van der Waals surface area contributed by atoms with Gasteiger partial charge >= 0.3 is 0 Å². The van der Waals surface area contributed by atoms with Crippen LogP contribution in [0.2, 0.25) is 0 Å². The van der Waals surface area contributed by atoms with E-state index in [1.807, 2.05) is 49.9 Å². The van der Waals surface area contributed by atoms with E-state index in [-0.39, 0.29) is 0 Å². The molecule has 1 aliphatic rings. The molecule has 2 aromatic heterocycles. The fraction of sp³-hybridized carbons (Fsp3) is 0.350. The number of benzene rings is 1.